The highest BCUT2D eigenvalue weighted by molar-refractivity contribution is 7.22. The summed E-state index contributed by atoms with van der Waals surface area (Å²) < 4.78 is 0. The molecule has 0 saturated heterocycles. The molecule has 0 aliphatic carbocycles. The number of aromatic nitrogens is 1. The van der Waals surface area contributed by atoms with Crippen molar-refractivity contribution in [2.24, 2.45) is 0 Å². The van der Waals surface area contributed by atoms with Crippen molar-refractivity contribution < 1.29 is 0 Å². The molecule has 3 aromatic carbocycles. The zero-order valence-corrected chi connectivity index (χ0v) is 15.4. The zero-order valence-electron chi connectivity index (χ0n) is 13.8. The van der Waals surface area contributed by atoms with Crippen molar-refractivity contribution in [3.63, 3.8) is 0 Å². The van der Waals surface area contributed by atoms with Gasteiger partial charge in [0.25, 0.3) is 0 Å². The van der Waals surface area contributed by atoms with Crippen LogP contribution >= 0.6 is 22.9 Å². The van der Waals surface area contributed by atoms with Gasteiger partial charge in [-0.1, -0.05) is 72.3 Å². The Morgan fingerprint density at radius 2 is 1.46 bits per heavy atom. The predicted octanol–water partition coefficient (Wildman–Crippen LogP) is 7.44. The molecule has 0 unspecified atom stereocenters. The third-order valence-electron chi connectivity index (χ3n) is 4.55. The van der Waals surface area contributed by atoms with Crippen molar-refractivity contribution in [2.45, 2.75) is 0 Å². The molecule has 0 spiro atoms. The molecule has 124 valence electrons. The number of fused-ring (bicyclic) bond motifs is 2. The second-order valence-electron chi connectivity index (χ2n) is 6.21. The van der Waals surface area contributed by atoms with Gasteiger partial charge >= 0.3 is 0 Å². The van der Waals surface area contributed by atoms with Crippen molar-refractivity contribution in [3.05, 3.63) is 90.0 Å². The zero-order chi connectivity index (χ0) is 17.5. The minimum Gasteiger partial charge on any atom is -0.237 e. The van der Waals surface area contributed by atoms with E-state index in [0.29, 0.717) is 0 Å². The van der Waals surface area contributed by atoms with E-state index in [1.165, 1.54) is 27.0 Å². The summed E-state index contributed by atoms with van der Waals surface area (Å²) in [5.41, 5.74) is 4.65. The highest BCUT2D eigenvalue weighted by Crippen LogP contribution is 2.45. The lowest BCUT2D eigenvalue weighted by Crippen LogP contribution is -1.82. The van der Waals surface area contributed by atoms with E-state index in [2.05, 4.69) is 60.7 Å². The molecule has 0 bridgehead atoms. The molecule has 0 aliphatic heterocycles. The second-order valence-corrected chi connectivity index (χ2v) is 7.65. The Balaban J connectivity index is 1.88. The second kappa shape index (κ2) is 6.24. The van der Waals surface area contributed by atoms with Gasteiger partial charge in [-0.3, -0.25) is 0 Å². The number of hydrogen-bond donors (Lipinski definition) is 0. The van der Waals surface area contributed by atoms with Gasteiger partial charge in [-0.05, 0) is 35.4 Å². The molecule has 0 radical (unpaired) electrons. The first-order chi connectivity index (χ1) is 12.8. The van der Waals surface area contributed by atoms with E-state index in [0.717, 1.165) is 20.8 Å². The number of rotatable bonds is 2. The van der Waals surface area contributed by atoms with E-state index in [-0.39, 0.29) is 0 Å². The molecule has 5 rings (SSSR count). The monoisotopic (exact) mass is 371 g/mol. The van der Waals surface area contributed by atoms with E-state index in [1.54, 1.807) is 11.3 Å². The van der Waals surface area contributed by atoms with Crippen LogP contribution in [0.1, 0.15) is 0 Å². The number of thiophene rings is 1. The summed E-state index contributed by atoms with van der Waals surface area (Å²) in [4.78, 5) is 7.21. The van der Waals surface area contributed by atoms with Gasteiger partial charge in [-0.25, -0.2) is 4.98 Å². The molecule has 0 atom stereocenters. The Hall–Kier alpha value is -2.68. The number of para-hydroxylation sites is 1. The van der Waals surface area contributed by atoms with Crippen LogP contribution in [0, 0.1) is 0 Å². The number of halogens is 1. The minimum atomic E-state index is 0.750. The molecular formula is C23H14ClNS. The molecular weight excluding hydrogens is 358 g/mol. The number of hydrogen-bond acceptors (Lipinski definition) is 2. The van der Waals surface area contributed by atoms with Crippen LogP contribution in [0.5, 0.6) is 0 Å². The first kappa shape index (κ1) is 15.6. The number of nitrogens with zero attached hydrogens (tertiary/aromatic N) is 1. The van der Waals surface area contributed by atoms with Gasteiger partial charge in [0.2, 0.25) is 0 Å². The van der Waals surface area contributed by atoms with Gasteiger partial charge in [0.1, 0.15) is 4.83 Å². The molecule has 3 heteroatoms. The Kier molecular flexibility index (Phi) is 3.74. The third kappa shape index (κ3) is 2.59. The lowest BCUT2D eigenvalue weighted by molar-refractivity contribution is 1.54. The summed E-state index contributed by atoms with van der Waals surface area (Å²) in [5, 5.41) is 3.11. The van der Waals surface area contributed by atoms with E-state index >= 15 is 0 Å². The van der Waals surface area contributed by atoms with Crippen LogP contribution < -0.4 is 0 Å². The summed E-state index contributed by atoms with van der Waals surface area (Å²) in [7, 11) is 0. The summed E-state index contributed by atoms with van der Waals surface area (Å²) in [5.74, 6) is 0. The largest absolute Gasteiger partial charge is 0.237 e. The fraction of sp³-hybridized carbons (Fsp3) is 0. The highest BCUT2D eigenvalue weighted by atomic mass is 35.5. The number of benzene rings is 3. The van der Waals surface area contributed by atoms with E-state index in [9.17, 15) is 0 Å². The minimum absolute atomic E-state index is 0.750. The Morgan fingerprint density at radius 1 is 0.731 bits per heavy atom. The van der Waals surface area contributed by atoms with Crippen molar-refractivity contribution in [3.8, 4) is 21.6 Å². The third-order valence-corrected chi connectivity index (χ3v) is 5.95. The lowest BCUT2D eigenvalue weighted by atomic mass is 9.99. The summed E-state index contributed by atoms with van der Waals surface area (Å²) in [6.45, 7) is 0. The van der Waals surface area contributed by atoms with Gasteiger partial charge in [0.05, 0.1) is 5.52 Å². The average molecular weight is 372 g/mol. The van der Waals surface area contributed by atoms with Crippen LogP contribution in [0.15, 0.2) is 84.9 Å². The molecule has 0 aliphatic rings. The maximum atomic E-state index is 6.10. The fourth-order valence-electron chi connectivity index (χ4n) is 3.32. The van der Waals surface area contributed by atoms with Gasteiger partial charge in [0.15, 0.2) is 0 Å². The molecule has 0 N–H and O–H groups in total. The first-order valence-corrected chi connectivity index (χ1v) is 9.63. The maximum absolute atomic E-state index is 6.10. The average Bonchev–Trinajstić information content (AvgIpc) is 3.05. The quantitative estimate of drug-likeness (QED) is 0.314. The van der Waals surface area contributed by atoms with E-state index in [1.807, 2.05) is 24.3 Å². The van der Waals surface area contributed by atoms with Crippen LogP contribution in [0.2, 0.25) is 5.02 Å². The van der Waals surface area contributed by atoms with Crippen LogP contribution in [0.4, 0.5) is 0 Å². The summed E-state index contributed by atoms with van der Waals surface area (Å²) in [6.07, 6.45) is 0. The molecule has 26 heavy (non-hydrogen) atoms. The summed E-state index contributed by atoms with van der Waals surface area (Å²) in [6, 6.07) is 29.1. The predicted molar refractivity (Wildman–Crippen MR) is 113 cm³/mol. The SMILES string of the molecule is Clc1ccc(-c2sc3nc4ccccc4cc3c2-c2ccccc2)cc1. The molecule has 1 nitrogen and oxygen atoms in total. The Morgan fingerprint density at radius 3 is 2.27 bits per heavy atom. The highest BCUT2D eigenvalue weighted by Gasteiger charge is 2.17. The maximum Gasteiger partial charge on any atom is 0.125 e. The van der Waals surface area contributed by atoms with Crippen molar-refractivity contribution in [1.29, 1.82) is 0 Å². The molecule has 5 aromatic rings. The van der Waals surface area contributed by atoms with Crippen LogP contribution in [0.3, 0.4) is 0 Å². The van der Waals surface area contributed by atoms with Crippen LogP contribution in [-0.4, -0.2) is 4.98 Å². The van der Waals surface area contributed by atoms with E-state index in [4.69, 9.17) is 16.6 Å². The van der Waals surface area contributed by atoms with Crippen molar-refractivity contribution in [1.82, 2.24) is 4.98 Å². The smallest absolute Gasteiger partial charge is 0.125 e. The normalized spacial score (nSPS) is 11.3. The molecule has 2 aromatic heterocycles. The van der Waals surface area contributed by atoms with Crippen LogP contribution in [-0.2, 0) is 0 Å². The first-order valence-electron chi connectivity index (χ1n) is 8.43. The van der Waals surface area contributed by atoms with Gasteiger partial charge < -0.3 is 0 Å². The van der Waals surface area contributed by atoms with Gasteiger partial charge in [-0.15, -0.1) is 11.3 Å². The fourth-order valence-corrected chi connectivity index (χ4v) is 4.64. The van der Waals surface area contributed by atoms with Crippen molar-refractivity contribution >= 4 is 44.1 Å². The summed E-state index contributed by atoms with van der Waals surface area (Å²) >= 11 is 7.83. The van der Waals surface area contributed by atoms with Gasteiger partial charge in [-0.2, -0.15) is 0 Å². The molecule has 0 saturated carbocycles. The topological polar surface area (TPSA) is 12.9 Å². The molecule has 0 fully saturated rings. The Labute approximate surface area is 160 Å². The van der Waals surface area contributed by atoms with E-state index < -0.39 is 0 Å². The lowest BCUT2D eigenvalue weighted by Gasteiger charge is -2.06. The van der Waals surface area contributed by atoms with Crippen LogP contribution in [0.25, 0.3) is 42.7 Å². The Bertz CT molecular complexity index is 1220. The molecule has 2 heterocycles. The number of pyridine rings is 1. The molecule has 0 amide bonds. The van der Waals surface area contributed by atoms with Gasteiger partial charge in [0, 0.05) is 26.2 Å². The van der Waals surface area contributed by atoms with Crippen molar-refractivity contribution in [2.75, 3.05) is 0 Å². The standard InChI is InChI=1S/C23H14ClNS/c24-18-12-10-16(11-13-18)22-21(15-6-2-1-3-7-15)19-14-17-8-4-5-9-20(17)25-23(19)26-22/h1-14H.